The molecule has 0 saturated carbocycles. The zero-order valence-electron chi connectivity index (χ0n) is 18.8. The topological polar surface area (TPSA) is 89.1 Å². The standard InChI is InChI=1S/C25H28FN3O5/c26-17-11-18-19(12-22(27-18)34-21-14-33-24-20(30)13-32-25(21)24)28-23(17)15-3-5-16(6-4-15)31-10-9-29-7-1-2-8-29/h3-6,11-12,20-21,24-25,27,30H,1-2,7-10,13-14H2/t20-,21-,24-,25-/m1/s1. The van der Waals surface area contributed by atoms with Gasteiger partial charge in [-0.05, 0) is 50.2 Å². The third-order valence-electron chi connectivity index (χ3n) is 6.79. The summed E-state index contributed by atoms with van der Waals surface area (Å²) in [6.45, 7) is 4.42. The number of rotatable bonds is 7. The number of aromatic nitrogens is 2. The van der Waals surface area contributed by atoms with E-state index in [-0.39, 0.29) is 30.6 Å². The molecule has 34 heavy (non-hydrogen) atoms. The summed E-state index contributed by atoms with van der Waals surface area (Å²) in [5.41, 5.74) is 2.09. The average Bonchev–Trinajstić information content (AvgIpc) is 3.62. The maximum atomic E-state index is 14.9. The van der Waals surface area contributed by atoms with Gasteiger partial charge in [0.1, 0.15) is 36.4 Å². The van der Waals surface area contributed by atoms with Crippen molar-refractivity contribution in [3.05, 3.63) is 42.2 Å². The molecule has 3 aromatic rings. The molecule has 0 aliphatic carbocycles. The Hall–Kier alpha value is -2.72. The van der Waals surface area contributed by atoms with Gasteiger partial charge in [-0.25, -0.2) is 9.37 Å². The summed E-state index contributed by atoms with van der Waals surface area (Å²) >= 11 is 0. The van der Waals surface area contributed by atoms with E-state index in [1.807, 2.05) is 24.3 Å². The van der Waals surface area contributed by atoms with Crippen molar-refractivity contribution in [2.24, 2.45) is 0 Å². The number of aliphatic hydroxyl groups excluding tert-OH is 1. The smallest absolute Gasteiger partial charge is 0.193 e. The van der Waals surface area contributed by atoms with Gasteiger partial charge in [0.2, 0.25) is 0 Å². The number of likely N-dealkylation sites (tertiary alicyclic amines) is 1. The molecule has 2 aromatic heterocycles. The fourth-order valence-corrected chi connectivity index (χ4v) is 4.99. The van der Waals surface area contributed by atoms with E-state index in [4.69, 9.17) is 18.9 Å². The lowest BCUT2D eigenvalue weighted by Gasteiger charge is -2.16. The summed E-state index contributed by atoms with van der Waals surface area (Å²) in [5.74, 6) is 0.799. The Balaban J connectivity index is 1.14. The largest absolute Gasteiger partial charge is 0.492 e. The van der Waals surface area contributed by atoms with Crippen LogP contribution in [0.25, 0.3) is 22.3 Å². The molecule has 3 aliphatic rings. The highest BCUT2D eigenvalue weighted by atomic mass is 19.1. The van der Waals surface area contributed by atoms with Crippen molar-refractivity contribution in [1.82, 2.24) is 14.9 Å². The molecule has 1 aromatic carbocycles. The average molecular weight is 470 g/mol. The first-order valence-electron chi connectivity index (χ1n) is 11.9. The van der Waals surface area contributed by atoms with Crippen LogP contribution in [-0.4, -0.2) is 83.8 Å². The first kappa shape index (κ1) is 21.8. The van der Waals surface area contributed by atoms with Crippen molar-refractivity contribution < 1.29 is 28.4 Å². The number of nitrogens with zero attached hydrogens (tertiary/aromatic N) is 2. The quantitative estimate of drug-likeness (QED) is 0.550. The Kier molecular flexibility index (Phi) is 5.86. The summed E-state index contributed by atoms with van der Waals surface area (Å²) in [5, 5.41) is 9.90. The van der Waals surface area contributed by atoms with Gasteiger partial charge in [0.25, 0.3) is 0 Å². The van der Waals surface area contributed by atoms with E-state index >= 15 is 0 Å². The van der Waals surface area contributed by atoms with Crippen LogP contribution in [0.2, 0.25) is 0 Å². The molecule has 3 fully saturated rings. The zero-order chi connectivity index (χ0) is 23.1. The second-order valence-corrected chi connectivity index (χ2v) is 9.13. The SMILES string of the molecule is O[C@@H]1CO[C@H]2[C@@H]1OC[C@H]2Oc1cc2nc(-c3ccc(OCCN4CCCC4)cc3)c(F)cc2[nH]1. The number of nitrogens with one attached hydrogen (secondary N) is 1. The molecule has 6 rings (SSSR count). The Bertz CT molecular complexity index is 1150. The minimum Gasteiger partial charge on any atom is -0.492 e. The maximum Gasteiger partial charge on any atom is 0.193 e. The third kappa shape index (κ3) is 4.24. The van der Waals surface area contributed by atoms with Crippen molar-refractivity contribution >= 4 is 11.0 Å². The molecule has 5 heterocycles. The number of hydrogen-bond donors (Lipinski definition) is 2. The molecule has 9 heteroatoms. The molecule has 0 unspecified atom stereocenters. The Morgan fingerprint density at radius 1 is 1.09 bits per heavy atom. The molecule has 0 radical (unpaired) electrons. The summed E-state index contributed by atoms with van der Waals surface area (Å²) in [6.07, 6.45) is 0.849. The van der Waals surface area contributed by atoms with Crippen LogP contribution in [0, 0.1) is 5.82 Å². The highest BCUT2D eigenvalue weighted by Gasteiger charge is 2.48. The zero-order valence-corrected chi connectivity index (χ0v) is 18.8. The molecule has 180 valence electrons. The van der Waals surface area contributed by atoms with E-state index < -0.39 is 11.9 Å². The number of pyridine rings is 1. The van der Waals surface area contributed by atoms with Gasteiger partial charge >= 0.3 is 0 Å². The second kappa shape index (κ2) is 9.14. The third-order valence-corrected chi connectivity index (χ3v) is 6.79. The lowest BCUT2D eigenvalue weighted by molar-refractivity contribution is 0.00794. The number of aliphatic hydroxyl groups is 1. The molecule has 2 N–H and O–H groups in total. The van der Waals surface area contributed by atoms with Gasteiger partial charge in [0.05, 0.1) is 24.2 Å². The van der Waals surface area contributed by atoms with Gasteiger partial charge in [0.15, 0.2) is 17.8 Å². The first-order chi connectivity index (χ1) is 16.6. The van der Waals surface area contributed by atoms with Crippen molar-refractivity contribution in [1.29, 1.82) is 0 Å². The highest BCUT2D eigenvalue weighted by molar-refractivity contribution is 5.81. The van der Waals surface area contributed by atoms with Crippen molar-refractivity contribution in [2.75, 3.05) is 39.5 Å². The van der Waals surface area contributed by atoms with Crippen LogP contribution in [0.15, 0.2) is 36.4 Å². The Labute approximate surface area is 196 Å². The van der Waals surface area contributed by atoms with Gasteiger partial charge in [0, 0.05) is 24.2 Å². The van der Waals surface area contributed by atoms with Crippen molar-refractivity contribution in [2.45, 2.75) is 37.3 Å². The van der Waals surface area contributed by atoms with E-state index in [9.17, 15) is 9.50 Å². The summed E-state index contributed by atoms with van der Waals surface area (Å²) < 4.78 is 37.9. The second-order valence-electron chi connectivity index (χ2n) is 9.13. The fourth-order valence-electron chi connectivity index (χ4n) is 4.99. The minimum absolute atomic E-state index is 0.236. The van der Waals surface area contributed by atoms with Crippen LogP contribution in [0.1, 0.15) is 12.8 Å². The number of fused-ring (bicyclic) bond motifs is 2. The van der Waals surface area contributed by atoms with E-state index in [0.717, 1.165) is 25.4 Å². The molecule has 0 spiro atoms. The van der Waals surface area contributed by atoms with Gasteiger partial charge in [-0.3, -0.25) is 4.90 Å². The monoisotopic (exact) mass is 469 g/mol. The van der Waals surface area contributed by atoms with E-state index in [1.165, 1.54) is 18.9 Å². The van der Waals surface area contributed by atoms with Crippen LogP contribution in [-0.2, 0) is 9.47 Å². The van der Waals surface area contributed by atoms with Crippen LogP contribution < -0.4 is 9.47 Å². The van der Waals surface area contributed by atoms with Gasteiger partial charge in [-0.2, -0.15) is 0 Å². The fraction of sp³-hybridized carbons (Fsp3) is 0.480. The summed E-state index contributed by atoms with van der Waals surface area (Å²) in [6, 6.07) is 10.5. The molecule has 0 amide bonds. The first-order valence-corrected chi connectivity index (χ1v) is 11.9. The highest BCUT2D eigenvalue weighted by Crippen LogP contribution is 2.32. The van der Waals surface area contributed by atoms with Crippen LogP contribution in [0.3, 0.4) is 0 Å². The Morgan fingerprint density at radius 3 is 2.71 bits per heavy atom. The van der Waals surface area contributed by atoms with Gasteiger partial charge in [-0.1, -0.05) is 0 Å². The van der Waals surface area contributed by atoms with Crippen molar-refractivity contribution in [3.8, 4) is 22.9 Å². The summed E-state index contributed by atoms with van der Waals surface area (Å²) in [7, 11) is 0. The predicted octanol–water partition coefficient (Wildman–Crippen LogP) is 2.75. The van der Waals surface area contributed by atoms with E-state index in [2.05, 4.69) is 14.9 Å². The molecule has 4 atom stereocenters. The normalized spacial score (nSPS) is 26.9. The van der Waals surface area contributed by atoms with Crippen molar-refractivity contribution in [3.63, 3.8) is 0 Å². The maximum absolute atomic E-state index is 14.9. The van der Waals surface area contributed by atoms with E-state index in [1.54, 1.807) is 6.07 Å². The molecule has 3 saturated heterocycles. The number of ether oxygens (including phenoxy) is 4. The van der Waals surface area contributed by atoms with Crippen LogP contribution in [0.4, 0.5) is 4.39 Å². The number of aromatic amines is 1. The lowest BCUT2D eigenvalue weighted by atomic mass is 10.1. The van der Waals surface area contributed by atoms with Crippen LogP contribution >= 0.6 is 0 Å². The molecular weight excluding hydrogens is 441 g/mol. The number of benzene rings is 1. The number of H-pyrrole nitrogens is 1. The minimum atomic E-state index is -0.638. The van der Waals surface area contributed by atoms with Gasteiger partial charge < -0.3 is 29.0 Å². The molecule has 0 bridgehead atoms. The predicted molar refractivity (Wildman–Crippen MR) is 123 cm³/mol. The Morgan fingerprint density at radius 2 is 1.88 bits per heavy atom. The van der Waals surface area contributed by atoms with Crippen LogP contribution in [0.5, 0.6) is 11.6 Å². The van der Waals surface area contributed by atoms with E-state index in [0.29, 0.717) is 35.7 Å². The number of halogens is 1. The summed E-state index contributed by atoms with van der Waals surface area (Å²) in [4.78, 5) is 10.00. The number of hydrogen-bond acceptors (Lipinski definition) is 7. The molecule has 3 aliphatic heterocycles. The lowest BCUT2D eigenvalue weighted by Crippen LogP contribution is -2.34. The molecule has 8 nitrogen and oxygen atoms in total. The van der Waals surface area contributed by atoms with Gasteiger partial charge in [-0.15, -0.1) is 0 Å². The molecular formula is C25H28FN3O5.